The van der Waals surface area contributed by atoms with Gasteiger partial charge in [-0.25, -0.2) is 4.52 Å². The molecule has 2 aromatic rings. The van der Waals surface area contributed by atoms with Crippen molar-refractivity contribution >= 4 is 22.9 Å². The Morgan fingerprint density at radius 1 is 1.53 bits per heavy atom. The third-order valence-corrected chi connectivity index (χ3v) is 3.35. The summed E-state index contributed by atoms with van der Waals surface area (Å²) >= 11 is 5.91. The van der Waals surface area contributed by atoms with E-state index in [9.17, 15) is 0 Å². The normalized spacial score (nSPS) is 20.4. The van der Waals surface area contributed by atoms with Crippen LogP contribution >= 0.6 is 11.6 Å². The Morgan fingerprint density at radius 3 is 3.18 bits per heavy atom. The van der Waals surface area contributed by atoms with Crippen molar-refractivity contribution in [2.75, 3.05) is 24.6 Å². The standard InChI is InChI=1S/C11H13ClN4O/c12-11-13-10(9-2-1-4-16(9)14-11)15-5-3-8(6-15)7-17/h1-2,4,8,17H,3,5-7H2/t8-/m1/s1. The van der Waals surface area contributed by atoms with Crippen LogP contribution in [0.15, 0.2) is 18.3 Å². The lowest BCUT2D eigenvalue weighted by Gasteiger charge is -2.18. The largest absolute Gasteiger partial charge is 0.396 e. The summed E-state index contributed by atoms with van der Waals surface area (Å²) in [7, 11) is 0. The first-order valence-electron chi connectivity index (χ1n) is 5.64. The summed E-state index contributed by atoms with van der Waals surface area (Å²) < 4.78 is 1.73. The fraction of sp³-hybridized carbons (Fsp3) is 0.455. The van der Waals surface area contributed by atoms with Crippen LogP contribution in [-0.4, -0.2) is 39.4 Å². The number of fused-ring (bicyclic) bond motifs is 1. The molecule has 1 fully saturated rings. The molecule has 6 heteroatoms. The Kier molecular flexibility index (Phi) is 2.64. The van der Waals surface area contributed by atoms with Crippen molar-refractivity contribution in [2.45, 2.75) is 6.42 Å². The molecule has 90 valence electrons. The summed E-state index contributed by atoms with van der Waals surface area (Å²) in [6, 6.07) is 3.89. The molecule has 0 aromatic carbocycles. The first-order chi connectivity index (χ1) is 8.28. The van der Waals surface area contributed by atoms with Gasteiger partial charge in [0.1, 0.15) is 5.52 Å². The average Bonchev–Trinajstić information content (AvgIpc) is 2.95. The van der Waals surface area contributed by atoms with Gasteiger partial charge in [-0.1, -0.05) is 0 Å². The van der Waals surface area contributed by atoms with E-state index in [0.717, 1.165) is 30.8 Å². The maximum atomic E-state index is 9.17. The number of hydrogen-bond donors (Lipinski definition) is 1. The smallest absolute Gasteiger partial charge is 0.243 e. The molecular weight excluding hydrogens is 240 g/mol. The highest BCUT2D eigenvalue weighted by Crippen LogP contribution is 2.26. The summed E-state index contributed by atoms with van der Waals surface area (Å²) in [5.41, 5.74) is 0.952. The van der Waals surface area contributed by atoms with E-state index in [-0.39, 0.29) is 11.9 Å². The number of rotatable bonds is 2. The first-order valence-corrected chi connectivity index (χ1v) is 6.02. The molecule has 1 aliphatic heterocycles. The summed E-state index contributed by atoms with van der Waals surface area (Å²) in [6.07, 6.45) is 2.84. The molecule has 1 N–H and O–H groups in total. The van der Waals surface area contributed by atoms with Gasteiger partial charge in [0.15, 0.2) is 5.82 Å². The van der Waals surface area contributed by atoms with Gasteiger partial charge in [0.25, 0.3) is 0 Å². The van der Waals surface area contributed by atoms with Crippen LogP contribution in [0.4, 0.5) is 5.82 Å². The minimum atomic E-state index is 0.229. The number of nitrogens with zero attached hydrogens (tertiary/aromatic N) is 4. The number of aromatic nitrogens is 3. The second-order valence-corrected chi connectivity index (χ2v) is 4.66. The van der Waals surface area contributed by atoms with E-state index in [1.807, 2.05) is 18.3 Å². The fourth-order valence-corrected chi connectivity index (χ4v) is 2.46. The highest BCUT2D eigenvalue weighted by Gasteiger charge is 2.24. The van der Waals surface area contributed by atoms with Crippen LogP contribution in [-0.2, 0) is 0 Å². The SMILES string of the molecule is OC[C@@H]1CCN(c2nc(Cl)nn3cccc23)C1. The molecule has 0 unspecified atom stereocenters. The lowest BCUT2D eigenvalue weighted by Crippen LogP contribution is -2.22. The van der Waals surface area contributed by atoms with Gasteiger partial charge >= 0.3 is 0 Å². The Bertz CT molecular complexity index is 541. The number of aliphatic hydroxyl groups excluding tert-OH is 1. The minimum absolute atomic E-state index is 0.229. The van der Waals surface area contributed by atoms with Crippen molar-refractivity contribution in [2.24, 2.45) is 5.92 Å². The zero-order valence-electron chi connectivity index (χ0n) is 9.25. The molecule has 5 nitrogen and oxygen atoms in total. The van der Waals surface area contributed by atoms with Crippen molar-refractivity contribution in [1.29, 1.82) is 0 Å². The van der Waals surface area contributed by atoms with Gasteiger partial charge < -0.3 is 10.0 Å². The molecule has 3 heterocycles. The van der Waals surface area contributed by atoms with E-state index in [1.54, 1.807) is 4.52 Å². The van der Waals surface area contributed by atoms with Gasteiger partial charge in [-0.3, -0.25) is 0 Å². The van der Waals surface area contributed by atoms with Crippen LogP contribution in [0.3, 0.4) is 0 Å². The van der Waals surface area contributed by atoms with Crippen LogP contribution in [0.1, 0.15) is 6.42 Å². The van der Waals surface area contributed by atoms with Gasteiger partial charge in [-0.15, -0.1) is 5.10 Å². The summed E-state index contributed by atoms with van der Waals surface area (Å²) in [5, 5.41) is 13.5. The van der Waals surface area contributed by atoms with Crippen LogP contribution < -0.4 is 4.90 Å². The third kappa shape index (κ3) is 1.85. The minimum Gasteiger partial charge on any atom is -0.396 e. The van der Waals surface area contributed by atoms with Crippen molar-refractivity contribution in [3.63, 3.8) is 0 Å². The molecule has 1 atom stereocenters. The Balaban J connectivity index is 2.02. The molecular formula is C11H13ClN4O. The first kappa shape index (κ1) is 10.8. The monoisotopic (exact) mass is 252 g/mol. The Labute approximate surface area is 104 Å². The number of anilines is 1. The van der Waals surface area contributed by atoms with Gasteiger partial charge in [0, 0.05) is 31.8 Å². The highest BCUT2D eigenvalue weighted by molar-refractivity contribution is 6.28. The molecule has 0 saturated carbocycles. The quantitative estimate of drug-likeness (QED) is 0.873. The molecule has 0 aliphatic carbocycles. The average molecular weight is 253 g/mol. The molecule has 0 radical (unpaired) electrons. The van der Waals surface area contributed by atoms with E-state index in [0.29, 0.717) is 5.92 Å². The van der Waals surface area contributed by atoms with E-state index < -0.39 is 0 Å². The van der Waals surface area contributed by atoms with E-state index in [2.05, 4.69) is 15.0 Å². The topological polar surface area (TPSA) is 53.7 Å². The van der Waals surface area contributed by atoms with Crippen molar-refractivity contribution < 1.29 is 5.11 Å². The highest BCUT2D eigenvalue weighted by atomic mass is 35.5. The summed E-state index contributed by atoms with van der Waals surface area (Å²) in [5.74, 6) is 1.18. The third-order valence-electron chi connectivity index (χ3n) is 3.19. The zero-order valence-corrected chi connectivity index (χ0v) is 10.0. The second-order valence-electron chi connectivity index (χ2n) is 4.33. The molecule has 0 spiro atoms. The molecule has 17 heavy (non-hydrogen) atoms. The predicted octanol–water partition coefficient (Wildman–Crippen LogP) is 1.20. The van der Waals surface area contributed by atoms with Crippen molar-refractivity contribution in [3.05, 3.63) is 23.6 Å². The lowest BCUT2D eigenvalue weighted by molar-refractivity contribution is 0.238. The Morgan fingerprint density at radius 2 is 2.41 bits per heavy atom. The zero-order chi connectivity index (χ0) is 11.8. The van der Waals surface area contributed by atoms with Gasteiger partial charge in [0.2, 0.25) is 5.28 Å². The second kappa shape index (κ2) is 4.16. The number of hydrogen-bond acceptors (Lipinski definition) is 4. The van der Waals surface area contributed by atoms with Crippen LogP contribution in [0.2, 0.25) is 5.28 Å². The van der Waals surface area contributed by atoms with Crippen LogP contribution in [0.25, 0.3) is 5.52 Å². The maximum absolute atomic E-state index is 9.17. The maximum Gasteiger partial charge on any atom is 0.243 e. The molecule has 0 amide bonds. The van der Waals surface area contributed by atoms with E-state index >= 15 is 0 Å². The van der Waals surface area contributed by atoms with Gasteiger partial charge in [-0.05, 0) is 30.2 Å². The van der Waals surface area contributed by atoms with E-state index in [4.69, 9.17) is 16.7 Å². The van der Waals surface area contributed by atoms with E-state index in [1.165, 1.54) is 0 Å². The van der Waals surface area contributed by atoms with Crippen molar-refractivity contribution in [3.8, 4) is 0 Å². The van der Waals surface area contributed by atoms with Gasteiger partial charge in [0.05, 0.1) is 0 Å². The molecule has 3 rings (SSSR count). The fourth-order valence-electron chi connectivity index (χ4n) is 2.30. The van der Waals surface area contributed by atoms with Crippen LogP contribution in [0, 0.1) is 5.92 Å². The Hall–Kier alpha value is -1.33. The predicted molar refractivity (Wildman–Crippen MR) is 65.4 cm³/mol. The summed E-state index contributed by atoms with van der Waals surface area (Å²) in [4.78, 5) is 6.46. The number of aliphatic hydroxyl groups is 1. The molecule has 0 bridgehead atoms. The summed E-state index contributed by atoms with van der Waals surface area (Å²) in [6.45, 7) is 1.96. The van der Waals surface area contributed by atoms with Crippen molar-refractivity contribution in [1.82, 2.24) is 14.6 Å². The molecule has 2 aromatic heterocycles. The molecule has 1 saturated heterocycles. The number of halogens is 1. The van der Waals surface area contributed by atoms with Crippen LogP contribution in [0.5, 0.6) is 0 Å². The lowest BCUT2D eigenvalue weighted by atomic mass is 10.1. The van der Waals surface area contributed by atoms with Gasteiger partial charge in [-0.2, -0.15) is 4.98 Å². The molecule has 1 aliphatic rings.